The molecule has 1 aromatic heterocycles. The van der Waals surface area contributed by atoms with Crippen molar-refractivity contribution in [2.75, 3.05) is 10.6 Å². The molecule has 0 unspecified atom stereocenters. The number of rotatable bonds is 4. The quantitative estimate of drug-likeness (QED) is 0.663. The second kappa shape index (κ2) is 8.58. The molecule has 0 bridgehead atoms. The van der Waals surface area contributed by atoms with Gasteiger partial charge in [0.05, 0.1) is 11.3 Å². The number of nitrogens with zero attached hydrogens (tertiary/aromatic N) is 2. The fourth-order valence-electron chi connectivity index (χ4n) is 2.83. The Morgan fingerprint density at radius 2 is 1.63 bits per heavy atom. The highest BCUT2D eigenvalue weighted by atomic mass is 16.2. The second-order valence-corrected chi connectivity index (χ2v) is 7.82. The largest absolute Gasteiger partial charge is 0.322 e. The van der Waals surface area contributed by atoms with Gasteiger partial charge >= 0.3 is 0 Å². The Balaban J connectivity index is 1.74. The zero-order valence-electron chi connectivity index (χ0n) is 17.1. The molecule has 2 aromatic carbocycles. The molecule has 0 radical (unpaired) electrons. The summed E-state index contributed by atoms with van der Waals surface area (Å²) in [6.45, 7) is 6.37. The molecule has 2 amide bonds. The first-order valence-corrected chi connectivity index (χ1v) is 9.46. The average Bonchev–Trinajstić information content (AvgIpc) is 2.74. The van der Waals surface area contributed by atoms with Crippen LogP contribution in [0, 0.1) is 11.3 Å². The third-order valence-electron chi connectivity index (χ3n) is 4.56. The van der Waals surface area contributed by atoms with Crippen LogP contribution >= 0.6 is 0 Å². The van der Waals surface area contributed by atoms with Crippen molar-refractivity contribution in [3.05, 3.63) is 89.2 Å². The van der Waals surface area contributed by atoms with Crippen molar-refractivity contribution < 1.29 is 9.59 Å². The number of nitrogens with one attached hydrogen (secondary N) is 2. The van der Waals surface area contributed by atoms with Gasteiger partial charge in [0.15, 0.2) is 0 Å². The van der Waals surface area contributed by atoms with Gasteiger partial charge in [0.2, 0.25) is 0 Å². The number of amides is 2. The number of carbonyl (C=O) groups excluding carboxylic acids is 2. The number of nitriles is 1. The highest BCUT2D eigenvalue weighted by molar-refractivity contribution is 6.08. The minimum Gasteiger partial charge on any atom is -0.322 e. The van der Waals surface area contributed by atoms with Crippen molar-refractivity contribution in [1.82, 2.24) is 4.98 Å². The third-order valence-corrected chi connectivity index (χ3v) is 4.56. The summed E-state index contributed by atoms with van der Waals surface area (Å²) in [5.41, 5.74) is 2.99. The van der Waals surface area contributed by atoms with Crippen molar-refractivity contribution in [2.24, 2.45) is 0 Å². The Labute approximate surface area is 175 Å². The Morgan fingerprint density at radius 1 is 0.933 bits per heavy atom. The van der Waals surface area contributed by atoms with E-state index in [1.807, 2.05) is 30.3 Å². The lowest BCUT2D eigenvalue weighted by molar-refractivity contribution is 0.102. The van der Waals surface area contributed by atoms with E-state index in [0.717, 1.165) is 0 Å². The lowest BCUT2D eigenvalue weighted by atomic mass is 9.87. The van der Waals surface area contributed by atoms with E-state index in [4.69, 9.17) is 5.26 Å². The predicted molar refractivity (Wildman–Crippen MR) is 116 cm³/mol. The van der Waals surface area contributed by atoms with Crippen molar-refractivity contribution in [1.29, 1.82) is 5.26 Å². The van der Waals surface area contributed by atoms with Gasteiger partial charge in [-0.2, -0.15) is 5.26 Å². The number of anilines is 2. The van der Waals surface area contributed by atoms with E-state index in [9.17, 15) is 9.59 Å². The number of pyridine rings is 1. The van der Waals surface area contributed by atoms with E-state index < -0.39 is 5.91 Å². The summed E-state index contributed by atoms with van der Waals surface area (Å²) in [6, 6.07) is 19.3. The van der Waals surface area contributed by atoms with E-state index >= 15 is 0 Å². The van der Waals surface area contributed by atoms with E-state index in [-0.39, 0.29) is 17.0 Å². The van der Waals surface area contributed by atoms with Crippen LogP contribution in [0.1, 0.15) is 52.7 Å². The van der Waals surface area contributed by atoms with Crippen LogP contribution in [-0.4, -0.2) is 16.8 Å². The van der Waals surface area contributed by atoms with Gasteiger partial charge in [-0.1, -0.05) is 45.0 Å². The van der Waals surface area contributed by atoms with E-state index in [1.165, 1.54) is 17.8 Å². The van der Waals surface area contributed by atoms with Crippen LogP contribution in [0.15, 0.2) is 66.9 Å². The minimum absolute atomic E-state index is 0.0278. The fraction of sp³-hybridized carbons (Fsp3) is 0.167. The molecular weight excluding hydrogens is 376 g/mol. The molecular formula is C24H22N4O2. The zero-order chi connectivity index (χ0) is 21.7. The molecule has 3 aromatic rings. The van der Waals surface area contributed by atoms with Gasteiger partial charge < -0.3 is 10.6 Å². The summed E-state index contributed by atoms with van der Waals surface area (Å²) in [7, 11) is 0. The Bertz CT molecular complexity index is 1120. The van der Waals surface area contributed by atoms with Crippen LogP contribution in [0.2, 0.25) is 0 Å². The highest BCUT2D eigenvalue weighted by Crippen LogP contribution is 2.23. The summed E-state index contributed by atoms with van der Waals surface area (Å²) in [4.78, 5) is 29.2. The maximum Gasteiger partial charge on any atom is 0.274 e. The molecule has 3 rings (SSSR count). The molecule has 0 aliphatic heterocycles. The van der Waals surface area contributed by atoms with E-state index in [2.05, 4.69) is 36.4 Å². The predicted octanol–water partition coefficient (Wildman–Crippen LogP) is 4.76. The van der Waals surface area contributed by atoms with Crippen molar-refractivity contribution >= 4 is 23.2 Å². The number of para-hydroxylation sites is 1. The molecule has 0 fully saturated rings. The number of carbonyl (C=O) groups is 2. The van der Waals surface area contributed by atoms with Crippen LogP contribution < -0.4 is 10.6 Å². The van der Waals surface area contributed by atoms with Crippen molar-refractivity contribution in [3.63, 3.8) is 0 Å². The van der Waals surface area contributed by atoms with Crippen LogP contribution in [0.25, 0.3) is 0 Å². The molecule has 0 spiro atoms. The second-order valence-electron chi connectivity index (χ2n) is 7.82. The van der Waals surface area contributed by atoms with Crippen LogP contribution in [-0.2, 0) is 5.41 Å². The molecule has 0 aliphatic carbocycles. The maximum atomic E-state index is 12.6. The van der Waals surface area contributed by atoms with Gasteiger partial charge in [0.25, 0.3) is 11.8 Å². The van der Waals surface area contributed by atoms with Gasteiger partial charge in [0.1, 0.15) is 11.8 Å². The van der Waals surface area contributed by atoms with Crippen molar-refractivity contribution in [2.45, 2.75) is 26.2 Å². The van der Waals surface area contributed by atoms with Crippen LogP contribution in [0.5, 0.6) is 0 Å². The fourth-order valence-corrected chi connectivity index (χ4v) is 2.83. The molecule has 1 heterocycles. The molecule has 6 nitrogen and oxygen atoms in total. The van der Waals surface area contributed by atoms with Gasteiger partial charge in [-0.15, -0.1) is 0 Å². The molecule has 30 heavy (non-hydrogen) atoms. The Morgan fingerprint density at radius 3 is 2.30 bits per heavy atom. The first kappa shape index (κ1) is 20.7. The van der Waals surface area contributed by atoms with Gasteiger partial charge in [-0.25, -0.2) is 0 Å². The molecule has 150 valence electrons. The molecule has 2 N–H and O–H groups in total. The van der Waals surface area contributed by atoms with E-state index in [0.29, 0.717) is 22.5 Å². The maximum absolute atomic E-state index is 12.6. The summed E-state index contributed by atoms with van der Waals surface area (Å²) in [5.74, 6) is -0.839. The van der Waals surface area contributed by atoms with Gasteiger partial charge in [-0.3, -0.25) is 14.6 Å². The summed E-state index contributed by atoms with van der Waals surface area (Å²) in [5, 5.41) is 14.6. The first-order valence-electron chi connectivity index (χ1n) is 9.46. The average molecular weight is 398 g/mol. The topological polar surface area (TPSA) is 94.9 Å². The van der Waals surface area contributed by atoms with Crippen LogP contribution in [0.3, 0.4) is 0 Å². The number of aromatic nitrogens is 1. The molecule has 0 aliphatic rings. The normalized spacial score (nSPS) is 10.7. The van der Waals surface area contributed by atoms with E-state index in [1.54, 1.807) is 30.3 Å². The summed E-state index contributed by atoms with van der Waals surface area (Å²) < 4.78 is 0. The summed E-state index contributed by atoms with van der Waals surface area (Å²) in [6.07, 6.45) is 1.41. The molecule has 6 heteroatoms. The monoisotopic (exact) mass is 398 g/mol. The SMILES string of the molecule is CC(C)(C)c1ccc(NC(=O)c2ccnc(C(=O)Nc3ccccc3C#N)c2)cc1. The molecule has 0 saturated carbocycles. The lowest BCUT2D eigenvalue weighted by Gasteiger charge is -2.19. The third kappa shape index (κ3) is 4.89. The number of hydrogen-bond donors (Lipinski definition) is 2. The summed E-state index contributed by atoms with van der Waals surface area (Å²) >= 11 is 0. The molecule has 0 atom stereocenters. The minimum atomic E-state index is -0.498. The van der Waals surface area contributed by atoms with Crippen LogP contribution in [0.4, 0.5) is 11.4 Å². The van der Waals surface area contributed by atoms with Gasteiger partial charge in [0, 0.05) is 17.4 Å². The van der Waals surface area contributed by atoms with Crippen molar-refractivity contribution in [3.8, 4) is 6.07 Å². The number of benzene rings is 2. The first-order chi connectivity index (χ1) is 14.3. The standard InChI is InChI=1S/C24H22N4O2/c1-24(2,3)18-8-10-19(11-9-18)27-22(29)16-12-13-26-21(14-16)23(30)28-20-7-5-4-6-17(20)15-25/h4-14H,1-3H3,(H,27,29)(H,28,30). The smallest absolute Gasteiger partial charge is 0.274 e. The highest BCUT2D eigenvalue weighted by Gasteiger charge is 2.15. The number of hydrogen-bond acceptors (Lipinski definition) is 4. The Hall–Kier alpha value is -3.98. The van der Waals surface area contributed by atoms with Gasteiger partial charge in [-0.05, 0) is 47.4 Å². The lowest BCUT2D eigenvalue weighted by Crippen LogP contribution is -2.17. The Kier molecular flexibility index (Phi) is 5.93. The molecule has 0 saturated heterocycles. The zero-order valence-corrected chi connectivity index (χ0v) is 17.1.